The Morgan fingerprint density at radius 3 is 2.80 bits per heavy atom. The Morgan fingerprint density at radius 2 is 2.05 bits per heavy atom. The maximum Gasteiger partial charge on any atom is 0.266 e. The standard InChI is InChI=1S/C13H18ClN3O2S/c1-2-3-4-5-8-15-13-16-11-7-6-10(14)9-12(11)20(18,19)17-13/h6-7,9H,2-5,8H2,1H3,(H2,15,16,17). The summed E-state index contributed by atoms with van der Waals surface area (Å²) in [4.78, 5) is 4.40. The first-order chi connectivity index (χ1) is 9.53. The molecule has 0 amide bonds. The van der Waals surface area contributed by atoms with Gasteiger partial charge >= 0.3 is 0 Å². The van der Waals surface area contributed by atoms with E-state index in [-0.39, 0.29) is 10.9 Å². The first-order valence-electron chi connectivity index (χ1n) is 6.67. The highest BCUT2D eigenvalue weighted by Gasteiger charge is 2.26. The molecule has 0 radical (unpaired) electrons. The molecule has 2 rings (SSSR count). The van der Waals surface area contributed by atoms with Crippen LogP contribution in [0.15, 0.2) is 28.1 Å². The predicted octanol–water partition coefficient (Wildman–Crippen LogP) is 2.98. The average molecular weight is 316 g/mol. The normalized spacial score (nSPS) is 18.2. The van der Waals surface area contributed by atoms with E-state index < -0.39 is 10.0 Å². The summed E-state index contributed by atoms with van der Waals surface area (Å²) < 4.78 is 26.6. The number of sulfonamides is 1. The smallest absolute Gasteiger partial charge is 0.266 e. The van der Waals surface area contributed by atoms with Gasteiger partial charge in [0.1, 0.15) is 4.90 Å². The van der Waals surface area contributed by atoms with Gasteiger partial charge in [-0.05, 0) is 24.6 Å². The fourth-order valence-electron chi connectivity index (χ4n) is 1.96. The Morgan fingerprint density at radius 1 is 1.25 bits per heavy atom. The van der Waals surface area contributed by atoms with Crippen molar-refractivity contribution < 1.29 is 8.42 Å². The highest BCUT2D eigenvalue weighted by Crippen LogP contribution is 2.27. The highest BCUT2D eigenvalue weighted by atomic mass is 35.5. The molecule has 5 nitrogen and oxygen atoms in total. The van der Waals surface area contributed by atoms with Gasteiger partial charge in [-0.3, -0.25) is 4.99 Å². The number of halogens is 1. The zero-order valence-corrected chi connectivity index (χ0v) is 12.9. The molecule has 0 spiro atoms. The van der Waals surface area contributed by atoms with Crippen molar-refractivity contribution in [3.05, 3.63) is 23.2 Å². The number of nitrogens with one attached hydrogen (secondary N) is 2. The van der Waals surface area contributed by atoms with Crippen molar-refractivity contribution in [2.24, 2.45) is 4.99 Å². The average Bonchev–Trinajstić information content (AvgIpc) is 2.39. The lowest BCUT2D eigenvalue weighted by Crippen LogP contribution is -2.40. The summed E-state index contributed by atoms with van der Waals surface area (Å²) in [5.74, 6) is 0.274. The molecule has 1 aromatic rings. The Balaban J connectivity index is 2.11. The van der Waals surface area contributed by atoms with E-state index in [0.717, 1.165) is 19.3 Å². The van der Waals surface area contributed by atoms with Crippen molar-refractivity contribution in [1.82, 2.24) is 4.72 Å². The largest absolute Gasteiger partial charge is 0.324 e. The molecule has 0 unspecified atom stereocenters. The molecule has 1 aliphatic rings. The minimum Gasteiger partial charge on any atom is -0.324 e. The van der Waals surface area contributed by atoms with Gasteiger partial charge in [-0.15, -0.1) is 0 Å². The molecule has 2 N–H and O–H groups in total. The zero-order chi connectivity index (χ0) is 14.6. The predicted molar refractivity (Wildman–Crippen MR) is 81.8 cm³/mol. The van der Waals surface area contributed by atoms with Crippen molar-refractivity contribution in [3.8, 4) is 0 Å². The molecule has 1 aromatic carbocycles. The summed E-state index contributed by atoms with van der Waals surface area (Å²) >= 11 is 5.82. The van der Waals surface area contributed by atoms with Gasteiger partial charge in [0, 0.05) is 11.6 Å². The minimum absolute atomic E-state index is 0.148. The Labute approximate surface area is 124 Å². The van der Waals surface area contributed by atoms with E-state index in [9.17, 15) is 8.42 Å². The first kappa shape index (κ1) is 15.1. The van der Waals surface area contributed by atoms with Crippen molar-refractivity contribution in [2.75, 3.05) is 11.9 Å². The van der Waals surface area contributed by atoms with E-state index in [0.29, 0.717) is 17.3 Å². The van der Waals surface area contributed by atoms with E-state index >= 15 is 0 Å². The van der Waals surface area contributed by atoms with Crippen LogP contribution in [0.4, 0.5) is 5.69 Å². The number of aliphatic imine (C=N–C) groups is 1. The number of unbranched alkanes of at least 4 members (excludes halogenated alkanes) is 3. The Kier molecular flexibility index (Phi) is 4.88. The van der Waals surface area contributed by atoms with Crippen LogP contribution in [-0.2, 0) is 10.0 Å². The number of fused-ring (bicyclic) bond motifs is 1. The maximum absolute atomic E-state index is 12.1. The van der Waals surface area contributed by atoms with Crippen LogP contribution in [0, 0.1) is 0 Å². The lowest BCUT2D eigenvalue weighted by molar-refractivity contribution is 0.591. The third-order valence-electron chi connectivity index (χ3n) is 3.00. The number of rotatable bonds is 5. The van der Waals surface area contributed by atoms with Crippen molar-refractivity contribution >= 4 is 33.3 Å². The number of guanidine groups is 1. The molecule has 110 valence electrons. The Bertz CT molecular complexity index is 614. The van der Waals surface area contributed by atoms with E-state index in [2.05, 4.69) is 22.0 Å². The van der Waals surface area contributed by atoms with Crippen LogP contribution in [-0.4, -0.2) is 20.9 Å². The van der Waals surface area contributed by atoms with Crippen molar-refractivity contribution in [1.29, 1.82) is 0 Å². The number of hydrogen-bond acceptors (Lipinski definition) is 3. The molecule has 0 saturated carbocycles. The minimum atomic E-state index is -3.59. The highest BCUT2D eigenvalue weighted by molar-refractivity contribution is 7.90. The summed E-state index contributed by atoms with van der Waals surface area (Å²) in [5, 5.41) is 3.36. The number of benzene rings is 1. The quantitative estimate of drug-likeness (QED) is 0.821. The van der Waals surface area contributed by atoms with E-state index in [1.807, 2.05) is 0 Å². The van der Waals surface area contributed by atoms with Crippen LogP contribution in [0.1, 0.15) is 32.6 Å². The molecule has 0 fully saturated rings. The second-order valence-corrected chi connectivity index (χ2v) is 6.75. The van der Waals surface area contributed by atoms with Crippen LogP contribution >= 0.6 is 11.6 Å². The SMILES string of the molecule is CCCCCCN=C1Nc2ccc(Cl)cc2S(=O)(=O)N1. The molecule has 20 heavy (non-hydrogen) atoms. The topological polar surface area (TPSA) is 70.6 Å². The molecule has 0 bridgehead atoms. The summed E-state index contributed by atoms with van der Waals surface area (Å²) in [5.41, 5.74) is 0.500. The third kappa shape index (κ3) is 3.64. The summed E-state index contributed by atoms with van der Waals surface area (Å²) in [6.45, 7) is 2.75. The second kappa shape index (κ2) is 6.45. The summed E-state index contributed by atoms with van der Waals surface area (Å²) in [7, 11) is -3.59. The first-order valence-corrected chi connectivity index (χ1v) is 8.53. The molecule has 1 heterocycles. The molecular weight excluding hydrogens is 298 g/mol. The number of nitrogens with zero attached hydrogens (tertiary/aromatic N) is 1. The van der Waals surface area contributed by atoms with Gasteiger partial charge in [-0.25, -0.2) is 13.1 Å². The molecule has 0 aliphatic carbocycles. The molecule has 7 heteroatoms. The Hall–Kier alpha value is -1.27. The summed E-state index contributed by atoms with van der Waals surface area (Å²) in [6.07, 6.45) is 4.39. The number of hydrogen-bond donors (Lipinski definition) is 2. The fraction of sp³-hybridized carbons (Fsp3) is 0.462. The van der Waals surface area contributed by atoms with Gasteiger partial charge in [0.2, 0.25) is 5.96 Å². The van der Waals surface area contributed by atoms with Gasteiger partial charge in [-0.1, -0.05) is 37.8 Å². The van der Waals surface area contributed by atoms with Crippen molar-refractivity contribution in [3.63, 3.8) is 0 Å². The molecule has 1 aliphatic heterocycles. The van der Waals surface area contributed by atoms with Crippen LogP contribution < -0.4 is 10.0 Å². The van der Waals surface area contributed by atoms with Gasteiger partial charge in [0.05, 0.1) is 5.69 Å². The van der Waals surface area contributed by atoms with E-state index in [1.54, 1.807) is 12.1 Å². The van der Waals surface area contributed by atoms with Crippen LogP contribution in [0.3, 0.4) is 0 Å². The van der Waals surface area contributed by atoms with Gasteiger partial charge in [0.25, 0.3) is 10.0 Å². The van der Waals surface area contributed by atoms with Gasteiger partial charge < -0.3 is 5.32 Å². The zero-order valence-electron chi connectivity index (χ0n) is 11.3. The molecular formula is C13H18ClN3O2S. The molecule has 0 aromatic heterocycles. The van der Waals surface area contributed by atoms with Crippen LogP contribution in [0.2, 0.25) is 5.02 Å². The monoisotopic (exact) mass is 315 g/mol. The third-order valence-corrected chi connectivity index (χ3v) is 4.61. The van der Waals surface area contributed by atoms with Gasteiger partial charge in [-0.2, -0.15) is 0 Å². The summed E-state index contributed by atoms with van der Waals surface area (Å²) in [6, 6.07) is 4.71. The van der Waals surface area contributed by atoms with E-state index in [1.165, 1.54) is 12.5 Å². The second-order valence-electron chi connectivity index (χ2n) is 4.66. The lowest BCUT2D eigenvalue weighted by Gasteiger charge is -2.21. The van der Waals surface area contributed by atoms with Crippen molar-refractivity contribution in [2.45, 2.75) is 37.5 Å². The van der Waals surface area contributed by atoms with Crippen LogP contribution in [0.25, 0.3) is 0 Å². The lowest BCUT2D eigenvalue weighted by atomic mass is 10.2. The van der Waals surface area contributed by atoms with Crippen LogP contribution in [0.5, 0.6) is 0 Å². The van der Waals surface area contributed by atoms with Gasteiger partial charge in [0.15, 0.2) is 0 Å². The number of anilines is 1. The molecule has 0 saturated heterocycles. The maximum atomic E-state index is 12.1. The fourth-order valence-corrected chi connectivity index (χ4v) is 3.37. The van der Waals surface area contributed by atoms with E-state index in [4.69, 9.17) is 11.6 Å². The molecule has 0 atom stereocenters.